The van der Waals surface area contributed by atoms with E-state index in [1.54, 1.807) is 0 Å². The van der Waals surface area contributed by atoms with E-state index in [0.29, 0.717) is 0 Å². The van der Waals surface area contributed by atoms with Gasteiger partial charge >= 0.3 is 0 Å². The highest BCUT2D eigenvalue weighted by atomic mass is 127. The summed E-state index contributed by atoms with van der Waals surface area (Å²) in [4.78, 5) is 0. The molecule has 0 heterocycles. The molecule has 0 unspecified atom stereocenters. The van der Waals surface area contributed by atoms with Gasteiger partial charge in [0, 0.05) is 5.56 Å². The highest BCUT2D eigenvalue weighted by molar-refractivity contribution is 5.32. The topological polar surface area (TPSA) is 0 Å². The molecule has 0 saturated carbocycles. The Morgan fingerprint density at radius 1 is 1.07 bits per heavy atom. The molecular formula is C12H20IN. The van der Waals surface area contributed by atoms with Crippen molar-refractivity contribution < 1.29 is 28.5 Å². The Morgan fingerprint density at radius 3 is 2.14 bits per heavy atom. The van der Waals surface area contributed by atoms with Gasteiger partial charge in [-0.15, -0.1) is 0 Å². The molecule has 0 atom stereocenters. The second-order valence-electron chi connectivity index (χ2n) is 4.81. The van der Waals surface area contributed by atoms with Gasteiger partial charge in [0.05, 0.1) is 21.1 Å². The minimum Gasteiger partial charge on any atom is -1.00 e. The van der Waals surface area contributed by atoms with Crippen LogP contribution in [0, 0.1) is 13.8 Å². The van der Waals surface area contributed by atoms with Crippen LogP contribution < -0.4 is 24.0 Å². The first-order valence-electron chi connectivity index (χ1n) is 4.76. The molecule has 2 heteroatoms. The minimum absolute atomic E-state index is 0. The molecule has 0 aliphatic carbocycles. The Morgan fingerprint density at radius 2 is 1.64 bits per heavy atom. The Kier molecular flexibility index (Phi) is 5.09. The molecule has 0 radical (unpaired) electrons. The number of rotatable bonds is 2. The number of aryl methyl sites for hydroxylation is 1. The second-order valence-corrected chi connectivity index (χ2v) is 4.81. The maximum Gasteiger partial charge on any atom is 0.104 e. The summed E-state index contributed by atoms with van der Waals surface area (Å²) in [7, 11) is 6.67. The summed E-state index contributed by atoms with van der Waals surface area (Å²) in [6.07, 6.45) is 0. The van der Waals surface area contributed by atoms with Gasteiger partial charge in [0.15, 0.2) is 0 Å². The molecule has 0 amide bonds. The first kappa shape index (κ1) is 13.9. The van der Waals surface area contributed by atoms with Crippen LogP contribution in [-0.2, 0) is 6.54 Å². The first-order chi connectivity index (χ1) is 5.90. The summed E-state index contributed by atoms with van der Waals surface area (Å²) in [5, 5.41) is 0. The van der Waals surface area contributed by atoms with Crippen LogP contribution in [-0.4, -0.2) is 25.6 Å². The molecule has 1 nitrogen and oxygen atoms in total. The lowest BCUT2D eigenvalue weighted by molar-refractivity contribution is -0.884. The van der Waals surface area contributed by atoms with E-state index in [1.807, 2.05) is 0 Å². The smallest absolute Gasteiger partial charge is 0.104 e. The molecule has 0 aliphatic rings. The number of quaternary nitrogens is 1. The van der Waals surface area contributed by atoms with Crippen LogP contribution in [0.3, 0.4) is 0 Å². The Bertz CT molecular complexity index is 300. The lowest BCUT2D eigenvalue weighted by Gasteiger charge is -2.25. The Balaban J connectivity index is 0.00000169. The van der Waals surface area contributed by atoms with E-state index in [4.69, 9.17) is 0 Å². The zero-order chi connectivity index (χ0) is 10.1. The molecule has 80 valence electrons. The normalized spacial score (nSPS) is 10.9. The third-order valence-corrected chi connectivity index (χ3v) is 2.36. The molecule has 0 saturated heterocycles. The Hall–Kier alpha value is -0.0900. The molecule has 0 aliphatic heterocycles. The molecular weight excluding hydrogens is 285 g/mol. The van der Waals surface area contributed by atoms with Crippen molar-refractivity contribution in [3.63, 3.8) is 0 Å². The number of hydrogen-bond acceptors (Lipinski definition) is 0. The fraction of sp³-hybridized carbons (Fsp3) is 0.500. The van der Waals surface area contributed by atoms with Gasteiger partial charge in [-0.05, 0) is 25.0 Å². The third-order valence-electron chi connectivity index (χ3n) is 2.36. The molecule has 0 aromatic heterocycles. The molecule has 0 N–H and O–H groups in total. The number of hydrogen-bond donors (Lipinski definition) is 0. The van der Waals surface area contributed by atoms with Crippen LogP contribution in [0.25, 0.3) is 0 Å². The Labute approximate surface area is 105 Å². The summed E-state index contributed by atoms with van der Waals surface area (Å²) >= 11 is 0. The van der Waals surface area contributed by atoms with E-state index in [-0.39, 0.29) is 24.0 Å². The van der Waals surface area contributed by atoms with E-state index in [0.717, 1.165) is 11.0 Å². The standard InChI is InChI=1S/C12H20N.HI/c1-10-7-6-8-12(11(10)2)9-13(3,4)5;/h6-8H,9H2,1-5H3;1H/q+1;/p-1. The van der Waals surface area contributed by atoms with Gasteiger partial charge in [-0.1, -0.05) is 18.2 Å². The van der Waals surface area contributed by atoms with Crippen molar-refractivity contribution in [1.82, 2.24) is 0 Å². The van der Waals surface area contributed by atoms with E-state index < -0.39 is 0 Å². The quantitative estimate of drug-likeness (QED) is 0.511. The van der Waals surface area contributed by atoms with E-state index in [9.17, 15) is 0 Å². The third kappa shape index (κ3) is 3.96. The molecule has 14 heavy (non-hydrogen) atoms. The van der Waals surface area contributed by atoms with Crippen LogP contribution in [0.1, 0.15) is 16.7 Å². The van der Waals surface area contributed by atoms with Crippen molar-refractivity contribution in [2.75, 3.05) is 21.1 Å². The predicted octanol–water partition coefficient (Wildman–Crippen LogP) is -0.486. The average Bonchev–Trinajstić information content (AvgIpc) is 1.96. The van der Waals surface area contributed by atoms with E-state index in [1.165, 1.54) is 16.7 Å². The zero-order valence-corrected chi connectivity index (χ0v) is 11.9. The van der Waals surface area contributed by atoms with Gasteiger partial charge < -0.3 is 28.5 Å². The first-order valence-corrected chi connectivity index (χ1v) is 4.76. The predicted molar refractivity (Wildman–Crippen MR) is 57.7 cm³/mol. The van der Waals surface area contributed by atoms with Crippen LogP contribution in [0.2, 0.25) is 0 Å². The van der Waals surface area contributed by atoms with Crippen LogP contribution in [0.5, 0.6) is 0 Å². The summed E-state index contributed by atoms with van der Waals surface area (Å²) in [5.74, 6) is 0. The zero-order valence-electron chi connectivity index (χ0n) is 9.76. The van der Waals surface area contributed by atoms with Gasteiger partial charge in [0.1, 0.15) is 6.54 Å². The maximum atomic E-state index is 2.23. The largest absolute Gasteiger partial charge is 1.00 e. The van der Waals surface area contributed by atoms with Crippen LogP contribution in [0.15, 0.2) is 18.2 Å². The summed E-state index contributed by atoms with van der Waals surface area (Å²) in [6, 6.07) is 6.55. The highest BCUT2D eigenvalue weighted by Crippen LogP contribution is 2.15. The second kappa shape index (κ2) is 5.12. The van der Waals surface area contributed by atoms with Gasteiger partial charge in [0.25, 0.3) is 0 Å². The minimum atomic E-state index is 0. The fourth-order valence-corrected chi connectivity index (χ4v) is 1.49. The summed E-state index contributed by atoms with van der Waals surface area (Å²) in [6.45, 7) is 5.49. The molecule has 1 rings (SSSR count). The maximum absolute atomic E-state index is 2.23. The summed E-state index contributed by atoms with van der Waals surface area (Å²) in [5.41, 5.74) is 4.30. The van der Waals surface area contributed by atoms with E-state index >= 15 is 0 Å². The molecule has 1 aromatic carbocycles. The lowest BCUT2D eigenvalue weighted by atomic mass is 10.0. The van der Waals surface area contributed by atoms with Crippen molar-refractivity contribution >= 4 is 0 Å². The molecule has 0 fully saturated rings. The van der Waals surface area contributed by atoms with Crippen molar-refractivity contribution in [2.24, 2.45) is 0 Å². The summed E-state index contributed by atoms with van der Waals surface area (Å²) < 4.78 is 0.990. The fourth-order valence-electron chi connectivity index (χ4n) is 1.49. The van der Waals surface area contributed by atoms with Gasteiger partial charge in [-0.2, -0.15) is 0 Å². The van der Waals surface area contributed by atoms with E-state index in [2.05, 4.69) is 53.2 Å². The van der Waals surface area contributed by atoms with Crippen molar-refractivity contribution in [3.8, 4) is 0 Å². The van der Waals surface area contributed by atoms with Gasteiger partial charge in [-0.3, -0.25) is 0 Å². The van der Waals surface area contributed by atoms with Crippen molar-refractivity contribution in [2.45, 2.75) is 20.4 Å². The van der Waals surface area contributed by atoms with Gasteiger partial charge in [-0.25, -0.2) is 0 Å². The SMILES string of the molecule is Cc1cccc(C[N+](C)(C)C)c1C.[I-]. The van der Waals surface area contributed by atoms with Crippen molar-refractivity contribution in [3.05, 3.63) is 34.9 Å². The molecule has 0 spiro atoms. The number of halogens is 1. The molecule has 1 aromatic rings. The average molecular weight is 305 g/mol. The van der Waals surface area contributed by atoms with Crippen LogP contribution in [0.4, 0.5) is 0 Å². The number of benzene rings is 1. The molecule has 0 bridgehead atoms. The van der Waals surface area contributed by atoms with Crippen LogP contribution >= 0.6 is 0 Å². The lowest BCUT2D eigenvalue weighted by Crippen LogP contribution is -3.00. The van der Waals surface area contributed by atoms with Crippen molar-refractivity contribution in [1.29, 1.82) is 0 Å². The monoisotopic (exact) mass is 305 g/mol. The number of nitrogens with zero attached hydrogens (tertiary/aromatic N) is 1. The highest BCUT2D eigenvalue weighted by Gasteiger charge is 2.10. The van der Waals surface area contributed by atoms with Gasteiger partial charge in [0.2, 0.25) is 0 Å².